The van der Waals surface area contributed by atoms with Gasteiger partial charge < -0.3 is 15.5 Å². The Hall–Kier alpha value is -1.65. The summed E-state index contributed by atoms with van der Waals surface area (Å²) in [5.41, 5.74) is 0. The van der Waals surface area contributed by atoms with Gasteiger partial charge >= 0.3 is 0 Å². The first-order valence-corrected chi connectivity index (χ1v) is 26.9. The van der Waals surface area contributed by atoms with Gasteiger partial charge in [-0.1, -0.05) is 274 Å². The lowest BCUT2D eigenvalue weighted by Crippen LogP contribution is -2.45. The minimum atomic E-state index is -0.845. The van der Waals surface area contributed by atoms with E-state index in [1.807, 2.05) is 6.08 Å². The molecule has 352 valence electrons. The maximum atomic E-state index is 12.4. The molecule has 0 aliphatic rings. The van der Waals surface area contributed by atoms with Crippen molar-refractivity contribution in [3.05, 3.63) is 48.6 Å². The minimum absolute atomic E-state index is 0.0727. The monoisotopic (exact) mass is 840 g/mol. The van der Waals surface area contributed by atoms with Crippen LogP contribution in [0.25, 0.3) is 0 Å². The van der Waals surface area contributed by atoms with Gasteiger partial charge in [0.2, 0.25) is 5.91 Å². The third-order valence-corrected chi connectivity index (χ3v) is 12.3. The number of rotatable bonds is 49. The predicted octanol–water partition coefficient (Wildman–Crippen LogP) is 17.5. The van der Waals surface area contributed by atoms with Crippen LogP contribution in [0.1, 0.15) is 284 Å². The van der Waals surface area contributed by atoms with Gasteiger partial charge in [-0.2, -0.15) is 0 Å². The van der Waals surface area contributed by atoms with Crippen LogP contribution in [0.4, 0.5) is 0 Å². The van der Waals surface area contributed by atoms with Crippen LogP contribution in [0.3, 0.4) is 0 Å². The summed E-state index contributed by atoms with van der Waals surface area (Å²) in [6.45, 7) is 4.21. The molecule has 0 aromatic rings. The van der Waals surface area contributed by atoms with Gasteiger partial charge in [0, 0.05) is 6.42 Å². The number of nitrogens with one attached hydrogen (secondary N) is 1. The molecular formula is C56H105NO3. The van der Waals surface area contributed by atoms with E-state index in [0.717, 1.165) is 57.8 Å². The molecule has 2 atom stereocenters. The third-order valence-electron chi connectivity index (χ3n) is 12.3. The first-order chi connectivity index (χ1) is 29.7. The van der Waals surface area contributed by atoms with E-state index in [9.17, 15) is 15.0 Å². The van der Waals surface area contributed by atoms with Gasteiger partial charge in [0.05, 0.1) is 18.8 Å². The Balaban J connectivity index is 3.47. The number of carbonyl (C=O) groups is 1. The zero-order valence-corrected chi connectivity index (χ0v) is 40.5. The van der Waals surface area contributed by atoms with Gasteiger partial charge in [0.1, 0.15) is 0 Å². The Morgan fingerprint density at radius 3 is 1.10 bits per heavy atom. The molecule has 0 aromatic heterocycles. The molecule has 1 amide bonds. The number of amides is 1. The molecule has 0 radical (unpaired) electrons. The molecule has 4 heteroatoms. The number of hydrogen-bond donors (Lipinski definition) is 3. The van der Waals surface area contributed by atoms with Gasteiger partial charge in [-0.3, -0.25) is 4.79 Å². The van der Waals surface area contributed by atoms with E-state index in [0.29, 0.717) is 6.42 Å². The summed E-state index contributed by atoms with van der Waals surface area (Å²) in [6.07, 6.45) is 71.3. The van der Waals surface area contributed by atoms with Crippen LogP contribution in [0, 0.1) is 0 Å². The first-order valence-electron chi connectivity index (χ1n) is 26.9. The van der Waals surface area contributed by atoms with Crippen LogP contribution >= 0.6 is 0 Å². The number of allylic oxidation sites excluding steroid dienone is 7. The van der Waals surface area contributed by atoms with Crippen molar-refractivity contribution in [3.63, 3.8) is 0 Å². The van der Waals surface area contributed by atoms with Crippen LogP contribution < -0.4 is 5.32 Å². The summed E-state index contributed by atoms with van der Waals surface area (Å²) in [6, 6.07) is -0.629. The largest absolute Gasteiger partial charge is 0.394 e. The molecule has 0 rings (SSSR count). The van der Waals surface area contributed by atoms with Crippen LogP contribution in [0.5, 0.6) is 0 Å². The molecule has 0 aromatic carbocycles. The highest BCUT2D eigenvalue weighted by Crippen LogP contribution is 2.17. The molecule has 0 saturated carbocycles. The van der Waals surface area contributed by atoms with E-state index in [4.69, 9.17) is 0 Å². The molecule has 0 aliphatic carbocycles. The molecule has 0 spiro atoms. The Bertz CT molecular complexity index is 954. The van der Waals surface area contributed by atoms with Gasteiger partial charge in [-0.05, 0) is 51.4 Å². The second-order valence-corrected chi connectivity index (χ2v) is 18.3. The summed E-state index contributed by atoms with van der Waals surface area (Å²) >= 11 is 0. The van der Waals surface area contributed by atoms with E-state index in [1.54, 1.807) is 6.08 Å². The highest BCUT2D eigenvalue weighted by Gasteiger charge is 2.18. The Morgan fingerprint density at radius 1 is 0.417 bits per heavy atom. The molecule has 2 unspecified atom stereocenters. The Kier molecular flexibility index (Phi) is 50.3. The molecule has 0 saturated heterocycles. The summed E-state index contributed by atoms with van der Waals surface area (Å²) in [4.78, 5) is 12.4. The SMILES string of the molecule is CC/C=C\C/C=C\C/C=C\CCCCCCCCCC(=O)NC(CO)C(O)/C=C/CCCCCCCCCCCCCCCCCCCCCCCCCCCCCCC. The van der Waals surface area contributed by atoms with E-state index < -0.39 is 12.1 Å². The lowest BCUT2D eigenvalue weighted by atomic mass is 10.0. The lowest BCUT2D eigenvalue weighted by molar-refractivity contribution is -0.123. The number of unbranched alkanes of at least 4 members (excludes halogenated alkanes) is 36. The van der Waals surface area contributed by atoms with Gasteiger partial charge in [0.15, 0.2) is 0 Å². The van der Waals surface area contributed by atoms with Gasteiger partial charge in [-0.25, -0.2) is 0 Å². The van der Waals surface area contributed by atoms with Crippen LogP contribution in [0.15, 0.2) is 48.6 Å². The molecule has 3 N–H and O–H groups in total. The fourth-order valence-electron chi connectivity index (χ4n) is 8.25. The molecule has 0 aliphatic heterocycles. The van der Waals surface area contributed by atoms with Crippen molar-refractivity contribution < 1.29 is 15.0 Å². The molecule has 4 nitrogen and oxygen atoms in total. The number of carbonyl (C=O) groups excluding carboxylic acids is 1. The number of aliphatic hydroxyl groups is 2. The lowest BCUT2D eigenvalue weighted by Gasteiger charge is -2.20. The van der Waals surface area contributed by atoms with Gasteiger partial charge in [0.25, 0.3) is 0 Å². The summed E-state index contributed by atoms with van der Waals surface area (Å²) in [5, 5.41) is 23.1. The summed E-state index contributed by atoms with van der Waals surface area (Å²) < 4.78 is 0. The topological polar surface area (TPSA) is 69.6 Å². The van der Waals surface area contributed by atoms with Crippen LogP contribution in [-0.4, -0.2) is 34.9 Å². The van der Waals surface area contributed by atoms with E-state index in [1.165, 1.54) is 205 Å². The Morgan fingerprint density at radius 2 is 0.733 bits per heavy atom. The fraction of sp³-hybridized carbons (Fsp3) is 0.839. The minimum Gasteiger partial charge on any atom is -0.394 e. The van der Waals surface area contributed by atoms with Crippen molar-refractivity contribution >= 4 is 5.91 Å². The normalized spacial score (nSPS) is 13.2. The van der Waals surface area contributed by atoms with Crippen molar-refractivity contribution in [2.45, 2.75) is 296 Å². The van der Waals surface area contributed by atoms with E-state index >= 15 is 0 Å². The summed E-state index contributed by atoms with van der Waals surface area (Å²) in [7, 11) is 0. The van der Waals surface area contributed by atoms with Crippen molar-refractivity contribution in [1.29, 1.82) is 0 Å². The van der Waals surface area contributed by atoms with Crippen molar-refractivity contribution in [2.24, 2.45) is 0 Å². The quantitative estimate of drug-likeness (QED) is 0.0422. The maximum absolute atomic E-state index is 12.4. The second kappa shape index (κ2) is 51.7. The fourth-order valence-corrected chi connectivity index (χ4v) is 8.25. The average molecular weight is 840 g/mol. The standard InChI is InChI=1S/C56H105NO3/c1-3-5-7-9-11-13-15-17-19-21-22-23-24-25-26-27-28-29-30-31-32-33-34-36-37-39-41-43-45-47-49-51-55(59)54(53-58)57-56(60)52-50-48-46-44-42-40-38-35-20-18-16-14-12-10-8-6-4-2/h6,8,12,14,18,20,49,51,54-55,58-59H,3-5,7,9-11,13,15-17,19,21-48,50,52-53H2,1-2H3,(H,57,60)/b8-6-,14-12-,20-18-,51-49+. The highest BCUT2D eigenvalue weighted by molar-refractivity contribution is 5.76. The number of aliphatic hydroxyl groups excluding tert-OH is 2. The second-order valence-electron chi connectivity index (χ2n) is 18.3. The predicted molar refractivity (Wildman–Crippen MR) is 267 cm³/mol. The van der Waals surface area contributed by atoms with Gasteiger partial charge in [-0.15, -0.1) is 0 Å². The number of hydrogen-bond acceptors (Lipinski definition) is 3. The van der Waals surface area contributed by atoms with Crippen molar-refractivity contribution in [3.8, 4) is 0 Å². The molecule has 0 fully saturated rings. The van der Waals surface area contributed by atoms with E-state index in [2.05, 4.69) is 55.6 Å². The van der Waals surface area contributed by atoms with Crippen LogP contribution in [0.2, 0.25) is 0 Å². The average Bonchev–Trinajstić information content (AvgIpc) is 3.25. The summed E-state index contributed by atoms with van der Waals surface area (Å²) in [5.74, 6) is -0.0727. The molecule has 0 heterocycles. The third kappa shape index (κ3) is 47.4. The van der Waals surface area contributed by atoms with E-state index in [-0.39, 0.29) is 12.5 Å². The Labute approximate surface area is 375 Å². The first kappa shape index (κ1) is 58.4. The zero-order valence-electron chi connectivity index (χ0n) is 40.5. The highest BCUT2D eigenvalue weighted by atomic mass is 16.3. The van der Waals surface area contributed by atoms with Crippen molar-refractivity contribution in [2.75, 3.05) is 6.61 Å². The maximum Gasteiger partial charge on any atom is 0.220 e. The molecular weight excluding hydrogens is 735 g/mol. The molecule has 0 bridgehead atoms. The van der Waals surface area contributed by atoms with Crippen molar-refractivity contribution in [1.82, 2.24) is 5.32 Å². The van der Waals surface area contributed by atoms with Crippen LogP contribution in [-0.2, 0) is 4.79 Å². The smallest absolute Gasteiger partial charge is 0.220 e. The zero-order chi connectivity index (χ0) is 43.5. The molecule has 60 heavy (non-hydrogen) atoms.